The maximum atomic E-state index is 6.65. The average Bonchev–Trinajstić information content (AvgIpc) is 1.93. The zero-order valence-electron chi connectivity index (χ0n) is 11.8. The van der Waals surface area contributed by atoms with E-state index in [0.717, 1.165) is 17.3 Å². The van der Waals surface area contributed by atoms with Crippen LogP contribution in [0.1, 0.15) is 61.3 Å². The molecule has 0 atom stereocenters. The summed E-state index contributed by atoms with van der Waals surface area (Å²) in [6, 6.07) is 0. The first-order chi connectivity index (χ1) is 6.97. The Kier molecular flexibility index (Phi) is 6.65. The van der Waals surface area contributed by atoms with Crippen molar-refractivity contribution in [3.8, 4) is 0 Å². The van der Waals surface area contributed by atoms with Crippen molar-refractivity contribution in [2.45, 2.75) is 76.9 Å². The van der Waals surface area contributed by atoms with Crippen LogP contribution in [0, 0.1) is 0 Å². The molecular formula is C12H27ClO2Sn. The van der Waals surface area contributed by atoms with Crippen LogP contribution in [-0.2, 0) is 6.15 Å². The second-order valence-electron chi connectivity index (χ2n) is 6.19. The molecule has 0 aliphatic rings. The summed E-state index contributed by atoms with van der Waals surface area (Å²) in [6.45, 7) is 14.4. The van der Waals surface area contributed by atoms with Crippen molar-refractivity contribution in [3.63, 3.8) is 0 Å². The van der Waals surface area contributed by atoms with E-state index < -0.39 is 18.1 Å². The number of hydrogen-bond donors (Lipinski definition) is 0. The van der Waals surface area contributed by atoms with E-state index in [0.29, 0.717) is 0 Å². The molecule has 0 spiro atoms. The molecule has 0 fully saturated rings. The fourth-order valence-electron chi connectivity index (χ4n) is 1.43. The van der Waals surface area contributed by atoms with Crippen molar-refractivity contribution < 1.29 is 6.15 Å². The quantitative estimate of drug-likeness (QED) is 0.670. The van der Waals surface area contributed by atoms with Gasteiger partial charge in [0, 0.05) is 0 Å². The Balaban J connectivity index is 4.61. The minimum absolute atomic E-state index is 0.211. The van der Waals surface area contributed by atoms with Crippen LogP contribution in [0.2, 0.25) is 4.44 Å². The summed E-state index contributed by atoms with van der Waals surface area (Å²) in [4.78, 5) is 0. The van der Waals surface area contributed by atoms with Crippen LogP contribution >= 0.6 is 8.92 Å². The molecule has 0 heterocycles. The van der Waals surface area contributed by atoms with E-state index in [1.807, 2.05) is 41.5 Å². The molecule has 4 heteroatoms. The van der Waals surface area contributed by atoms with Gasteiger partial charge in [0.15, 0.2) is 0 Å². The Bertz CT molecular complexity index is 190. The van der Waals surface area contributed by atoms with Gasteiger partial charge in [0.05, 0.1) is 0 Å². The van der Waals surface area contributed by atoms with Crippen LogP contribution in [-0.4, -0.2) is 29.3 Å². The molecule has 0 radical (unpaired) electrons. The first-order valence-corrected chi connectivity index (χ1v) is 14.0. The van der Waals surface area contributed by atoms with Crippen molar-refractivity contribution in [2.75, 3.05) is 0 Å². The van der Waals surface area contributed by atoms with Crippen LogP contribution < -0.4 is 0 Å². The van der Waals surface area contributed by atoms with Gasteiger partial charge < -0.3 is 0 Å². The predicted octanol–water partition coefficient (Wildman–Crippen LogP) is 4.59. The van der Waals surface area contributed by atoms with E-state index in [9.17, 15) is 0 Å². The standard InChI is InChI=1S/2C4H9O.C4H9.ClH.Sn/c2*1-4(2,3)5;1-3-4-2;;/h2*1-3H3;1,3-4H2,2H3;1H;/q2*-1;;;+3/p-1. The first-order valence-electron chi connectivity index (χ1n) is 6.07. The molecule has 0 aliphatic carbocycles. The van der Waals surface area contributed by atoms with Crippen LogP contribution in [0.5, 0.6) is 0 Å². The molecule has 0 aliphatic heterocycles. The predicted molar refractivity (Wildman–Crippen MR) is 73.0 cm³/mol. The van der Waals surface area contributed by atoms with Gasteiger partial charge in [0.2, 0.25) is 0 Å². The average molecular weight is 358 g/mol. The van der Waals surface area contributed by atoms with Crippen LogP contribution in [0.25, 0.3) is 0 Å². The van der Waals surface area contributed by atoms with E-state index >= 15 is 0 Å². The van der Waals surface area contributed by atoms with E-state index in [-0.39, 0.29) is 11.2 Å². The van der Waals surface area contributed by atoms with Gasteiger partial charge in [-0.1, -0.05) is 0 Å². The van der Waals surface area contributed by atoms with Crippen molar-refractivity contribution in [1.82, 2.24) is 0 Å². The zero-order chi connectivity index (χ0) is 13.0. The van der Waals surface area contributed by atoms with Gasteiger partial charge in [-0.3, -0.25) is 0 Å². The van der Waals surface area contributed by atoms with E-state index in [2.05, 4.69) is 6.92 Å². The molecule has 0 aromatic rings. The molecule has 0 aromatic heterocycles. The van der Waals surface area contributed by atoms with Gasteiger partial charge in [0.1, 0.15) is 0 Å². The Morgan fingerprint density at radius 2 is 1.31 bits per heavy atom. The first kappa shape index (κ1) is 17.0. The van der Waals surface area contributed by atoms with Crippen molar-refractivity contribution in [1.29, 1.82) is 0 Å². The molecule has 0 saturated heterocycles. The van der Waals surface area contributed by atoms with Gasteiger partial charge in [-0.05, 0) is 0 Å². The molecule has 0 N–H and O–H groups in total. The molecule has 16 heavy (non-hydrogen) atoms. The molecule has 2 nitrogen and oxygen atoms in total. The number of hydrogen-bond acceptors (Lipinski definition) is 2. The molecule has 0 saturated carbocycles. The van der Waals surface area contributed by atoms with Gasteiger partial charge in [-0.2, -0.15) is 0 Å². The topological polar surface area (TPSA) is 18.5 Å². The van der Waals surface area contributed by atoms with Crippen molar-refractivity contribution in [2.24, 2.45) is 0 Å². The summed E-state index contributed by atoms with van der Waals surface area (Å²) in [6.07, 6.45) is 2.22. The molecule has 0 amide bonds. The third kappa shape index (κ3) is 9.08. The molecule has 0 rings (SSSR count). The maximum absolute atomic E-state index is 6.65. The minimum atomic E-state index is -3.37. The molecule has 0 bridgehead atoms. The van der Waals surface area contributed by atoms with Crippen LogP contribution in [0.3, 0.4) is 0 Å². The van der Waals surface area contributed by atoms with Gasteiger partial charge in [-0.25, -0.2) is 0 Å². The Labute approximate surface area is 110 Å². The van der Waals surface area contributed by atoms with Crippen LogP contribution in [0.15, 0.2) is 0 Å². The van der Waals surface area contributed by atoms with Gasteiger partial charge in [0.25, 0.3) is 0 Å². The summed E-state index contributed by atoms with van der Waals surface area (Å²) in [5, 5.41) is 0. The Morgan fingerprint density at radius 3 is 1.56 bits per heavy atom. The molecule has 0 aromatic carbocycles. The molecular weight excluding hydrogens is 330 g/mol. The summed E-state index contributed by atoms with van der Waals surface area (Å²) >= 11 is -3.37. The molecule has 0 unspecified atom stereocenters. The summed E-state index contributed by atoms with van der Waals surface area (Å²) in [5.74, 6) is 0. The molecule has 98 valence electrons. The summed E-state index contributed by atoms with van der Waals surface area (Å²) < 4.78 is 13.0. The zero-order valence-corrected chi connectivity index (χ0v) is 15.4. The third-order valence-corrected chi connectivity index (χ3v) is 12.0. The second-order valence-corrected chi connectivity index (χ2v) is 16.4. The van der Waals surface area contributed by atoms with E-state index in [4.69, 9.17) is 15.1 Å². The normalized spacial score (nSPS) is 14.2. The van der Waals surface area contributed by atoms with Crippen molar-refractivity contribution >= 4 is 27.0 Å². The number of rotatable bonds is 5. The SMILES string of the molecule is CCC[CH2][Sn]([Cl])([O]C(C)(C)C)[O]C(C)(C)C. The fourth-order valence-corrected chi connectivity index (χ4v) is 13.6. The Morgan fingerprint density at radius 1 is 0.938 bits per heavy atom. The van der Waals surface area contributed by atoms with E-state index in [1.54, 1.807) is 0 Å². The number of unbranched alkanes of at least 4 members (excludes halogenated alkanes) is 1. The summed E-state index contributed by atoms with van der Waals surface area (Å²) in [7, 11) is 6.65. The van der Waals surface area contributed by atoms with Gasteiger partial charge >= 0.3 is 110 Å². The second kappa shape index (κ2) is 6.26. The third-order valence-electron chi connectivity index (χ3n) is 1.75. The monoisotopic (exact) mass is 358 g/mol. The number of halogens is 1. The fraction of sp³-hybridized carbons (Fsp3) is 1.00. The summed E-state index contributed by atoms with van der Waals surface area (Å²) in [5.41, 5.74) is -0.423. The Hall–Kier alpha value is 1.01. The van der Waals surface area contributed by atoms with Crippen molar-refractivity contribution in [3.05, 3.63) is 0 Å². The van der Waals surface area contributed by atoms with Gasteiger partial charge in [-0.15, -0.1) is 0 Å². The van der Waals surface area contributed by atoms with E-state index in [1.165, 1.54) is 0 Å². The van der Waals surface area contributed by atoms with Crippen LogP contribution in [0.4, 0.5) is 0 Å².